The Bertz CT molecular complexity index is 280. The summed E-state index contributed by atoms with van der Waals surface area (Å²) in [5.41, 5.74) is 0.000432. The van der Waals surface area contributed by atoms with Crippen LogP contribution in [0, 0.1) is 11.3 Å². The third-order valence-corrected chi connectivity index (χ3v) is 2.76. The molecule has 1 unspecified atom stereocenters. The molecule has 0 aromatic heterocycles. The van der Waals surface area contributed by atoms with Crippen molar-refractivity contribution in [3.63, 3.8) is 0 Å². The Hall–Kier alpha value is -1.06. The van der Waals surface area contributed by atoms with Gasteiger partial charge in [0.15, 0.2) is 0 Å². The molecule has 4 heteroatoms. The molecule has 1 saturated heterocycles. The second-order valence-electron chi connectivity index (χ2n) is 5.59. The van der Waals surface area contributed by atoms with Crippen LogP contribution in [-0.4, -0.2) is 37.0 Å². The summed E-state index contributed by atoms with van der Waals surface area (Å²) < 4.78 is 4.69. The van der Waals surface area contributed by atoms with Crippen LogP contribution in [0.3, 0.4) is 0 Å². The molecule has 0 aromatic carbocycles. The monoisotopic (exact) mass is 227 g/mol. The van der Waals surface area contributed by atoms with Gasteiger partial charge in [0.05, 0.1) is 13.0 Å². The van der Waals surface area contributed by atoms with Crippen molar-refractivity contribution in [3.05, 3.63) is 0 Å². The number of nitrogens with zero attached hydrogens (tertiary/aromatic N) is 1. The molecule has 1 rings (SSSR count). The smallest absolute Gasteiger partial charge is 0.310 e. The van der Waals surface area contributed by atoms with Crippen molar-refractivity contribution in [2.24, 2.45) is 11.3 Å². The van der Waals surface area contributed by atoms with Gasteiger partial charge in [-0.05, 0) is 11.8 Å². The normalized spacial score (nSPS) is 21.0. The van der Waals surface area contributed by atoms with Crippen molar-refractivity contribution in [1.29, 1.82) is 0 Å². The Kier molecular flexibility index (Phi) is 3.94. The van der Waals surface area contributed by atoms with Gasteiger partial charge in [0, 0.05) is 19.5 Å². The number of hydrogen-bond donors (Lipinski definition) is 0. The van der Waals surface area contributed by atoms with Crippen molar-refractivity contribution in [3.8, 4) is 0 Å². The van der Waals surface area contributed by atoms with Gasteiger partial charge in [-0.3, -0.25) is 9.59 Å². The maximum Gasteiger partial charge on any atom is 0.310 e. The van der Waals surface area contributed by atoms with Gasteiger partial charge in [0.25, 0.3) is 0 Å². The summed E-state index contributed by atoms with van der Waals surface area (Å²) in [7, 11) is 1.39. The molecule has 0 aromatic rings. The molecule has 4 nitrogen and oxygen atoms in total. The number of hydrogen-bond acceptors (Lipinski definition) is 3. The van der Waals surface area contributed by atoms with Gasteiger partial charge in [-0.25, -0.2) is 0 Å². The number of amides is 1. The first-order chi connectivity index (χ1) is 7.33. The first kappa shape index (κ1) is 13.0. The highest BCUT2D eigenvalue weighted by molar-refractivity contribution is 5.79. The molecule has 1 aliphatic rings. The molecular weight excluding hydrogens is 206 g/mol. The van der Waals surface area contributed by atoms with Gasteiger partial charge in [-0.15, -0.1) is 0 Å². The lowest BCUT2D eigenvalue weighted by atomic mass is 9.92. The van der Waals surface area contributed by atoms with Crippen LogP contribution in [-0.2, 0) is 14.3 Å². The topological polar surface area (TPSA) is 46.6 Å². The third-order valence-electron chi connectivity index (χ3n) is 2.76. The van der Waals surface area contributed by atoms with E-state index in [1.54, 1.807) is 4.90 Å². The summed E-state index contributed by atoms with van der Waals surface area (Å²) in [6.45, 7) is 7.31. The van der Waals surface area contributed by atoms with Crippen molar-refractivity contribution >= 4 is 11.9 Å². The number of likely N-dealkylation sites (tertiary alicyclic amines) is 1. The molecule has 16 heavy (non-hydrogen) atoms. The summed E-state index contributed by atoms with van der Waals surface area (Å²) in [5.74, 6) is -0.195. The molecule has 0 aliphatic carbocycles. The molecule has 0 saturated carbocycles. The highest BCUT2D eigenvalue weighted by Crippen LogP contribution is 2.24. The fraction of sp³-hybridized carbons (Fsp3) is 0.833. The first-order valence-electron chi connectivity index (χ1n) is 5.69. The average Bonchev–Trinajstić information content (AvgIpc) is 2.62. The molecular formula is C12H21NO3. The standard InChI is InChI=1S/C12H21NO3/c1-12(2,3)7-10(14)13-6-5-9(8-13)11(15)16-4/h9H,5-8H2,1-4H3. The van der Waals surface area contributed by atoms with Crippen LogP contribution < -0.4 is 0 Å². The number of carbonyl (C=O) groups is 2. The van der Waals surface area contributed by atoms with E-state index in [1.807, 2.05) is 20.8 Å². The predicted molar refractivity (Wildman–Crippen MR) is 60.8 cm³/mol. The minimum Gasteiger partial charge on any atom is -0.469 e. The quantitative estimate of drug-likeness (QED) is 0.671. The van der Waals surface area contributed by atoms with Crippen molar-refractivity contribution in [2.75, 3.05) is 20.2 Å². The van der Waals surface area contributed by atoms with Crippen molar-refractivity contribution in [1.82, 2.24) is 4.90 Å². The number of ether oxygens (including phenoxy) is 1. The van der Waals surface area contributed by atoms with E-state index < -0.39 is 0 Å². The minimum atomic E-state index is -0.203. The van der Waals surface area contributed by atoms with E-state index in [4.69, 9.17) is 0 Å². The lowest BCUT2D eigenvalue weighted by Crippen LogP contribution is -2.32. The van der Waals surface area contributed by atoms with Crippen LogP contribution in [0.25, 0.3) is 0 Å². The largest absolute Gasteiger partial charge is 0.469 e. The van der Waals surface area contributed by atoms with E-state index >= 15 is 0 Å². The summed E-state index contributed by atoms with van der Waals surface area (Å²) in [4.78, 5) is 25.0. The number of rotatable bonds is 2. The fourth-order valence-corrected chi connectivity index (χ4v) is 1.91. The Morgan fingerprint density at radius 3 is 2.50 bits per heavy atom. The highest BCUT2D eigenvalue weighted by Gasteiger charge is 2.32. The van der Waals surface area contributed by atoms with Gasteiger partial charge >= 0.3 is 5.97 Å². The molecule has 0 spiro atoms. The maximum atomic E-state index is 11.9. The van der Waals surface area contributed by atoms with E-state index in [0.717, 1.165) is 6.42 Å². The maximum absolute atomic E-state index is 11.9. The Morgan fingerprint density at radius 2 is 2.00 bits per heavy atom. The first-order valence-corrected chi connectivity index (χ1v) is 5.69. The number of carbonyl (C=O) groups excluding carboxylic acids is 2. The van der Waals surface area contributed by atoms with Crippen LogP contribution in [0.1, 0.15) is 33.6 Å². The van der Waals surface area contributed by atoms with Gasteiger partial charge in [-0.1, -0.05) is 20.8 Å². The molecule has 1 amide bonds. The zero-order valence-electron chi connectivity index (χ0n) is 10.6. The summed E-state index contributed by atoms with van der Waals surface area (Å²) >= 11 is 0. The third kappa shape index (κ3) is 3.51. The van der Waals surface area contributed by atoms with Crippen molar-refractivity contribution in [2.45, 2.75) is 33.6 Å². The molecule has 0 N–H and O–H groups in total. The zero-order chi connectivity index (χ0) is 12.3. The summed E-state index contributed by atoms with van der Waals surface area (Å²) in [6.07, 6.45) is 1.25. The lowest BCUT2D eigenvalue weighted by molar-refractivity contribution is -0.145. The van der Waals surface area contributed by atoms with Gasteiger partial charge in [-0.2, -0.15) is 0 Å². The molecule has 0 bridgehead atoms. The molecule has 0 radical (unpaired) electrons. The second kappa shape index (κ2) is 4.85. The van der Waals surface area contributed by atoms with Crippen LogP contribution in [0.15, 0.2) is 0 Å². The fourth-order valence-electron chi connectivity index (χ4n) is 1.91. The van der Waals surface area contributed by atoms with Crippen LogP contribution in [0.5, 0.6) is 0 Å². The molecule has 1 aliphatic heterocycles. The number of methoxy groups -OCH3 is 1. The Morgan fingerprint density at radius 1 is 1.38 bits per heavy atom. The number of esters is 1. The minimum absolute atomic E-state index is 0.000432. The Balaban J connectivity index is 2.47. The van der Waals surface area contributed by atoms with Crippen LogP contribution >= 0.6 is 0 Å². The van der Waals surface area contributed by atoms with Gasteiger partial charge in [0.2, 0.25) is 5.91 Å². The van der Waals surface area contributed by atoms with Crippen LogP contribution in [0.2, 0.25) is 0 Å². The van der Waals surface area contributed by atoms with E-state index in [-0.39, 0.29) is 23.2 Å². The van der Waals surface area contributed by atoms with Gasteiger partial charge < -0.3 is 9.64 Å². The average molecular weight is 227 g/mol. The SMILES string of the molecule is COC(=O)C1CCN(C(=O)CC(C)(C)C)C1. The van der Waals surface area contributed by atoms with E-state index in [0.29, 0.717) is 19.5 Å². The molecule has 1 atom stereocenters. The predicted octanol–water partition coefficient (Wildman–Crippen LogP) is 1.44. The second-order valence-corrected chi connectivity index (χ2v) is 5.59. The summed E-state index contributed by atoms with van der Waals surface area (Å²) in [5, 5.41) is 0. The van der Waals surface area contributed by atoms with E-state index in [2.05, 4.69) is 4.74 Å². The Labute approximate surface area is 96.9 Å². The van der Waals surface area contributed by atoms with Crippen molar-refractivity contribution < 1.29 is 14.3 Å². The van der Waals surface area contributed by atoms with E-state index in [1.165, 1.54) is 7.11 Å². The lowest BCUT2D eigenvalue weighted by Gasteiger charge is -2.22. The molecule has 1 fully saturated rings. The van der Waals surface area contributed by atoms with E-state index in [9.17, 15) is 9.59 Å². The van der Waals surface area contributed by atoms with Crippen LogP contribution in [0.4, 0.5) is 0 Å². The summed E-state index contributed by atoms with van der Waals surface area (Å²) in [6, 6.07) is 0. The highest BCUT2D eigenvalue weighted by atomic mass is 16.5. The zero-order valence-corrected chi connectivity index (χ0v) is 10.6. The molecule has 1 heterocycles. The van der Waals surface area contributed by atoms with Gasteiger partial charge in [0.1, 0.15) is 0 Å². The molecule has 92 valence electrons.